The van der Waals surface area contributed by atoms with Crippen LogP contribution in [-0.4, -0.2) is 0 Å². The van der Waals surface area contributed by atoms with Gasteiger partial charge in [0.1, 0.15) is 0 Å². The Morgan fingerprint density at radius 1 is 0.500 bits per heavy atom. The molecule has 0 N–H and O–H groups in total. The van der Waals surface area contributed by atoms with Crippen molar-refractivity contribution < 1.29 is 0 Å². The van der Waals surface area contributed by atoms with E-state index < -0.39 is 0 Å². The molecule has 28 heavy (non-hydrogen) atoms. The Kier molecular flexibility index (Phi) is 3.94. The molecular formula is C28H24. The molecule has 4 aromatic carbocycles. The van der Waals surface area contributed by atoms with Crippen LogP contribution in [-0.2, 0) is 11.8 Å². The lowest BCUT2D eigenvalue weighted by Gasteiger charge is -2.35. The molecule has 5 rings (SSSR count). The average molecular weight is 361 g/mol. The molecule has 0 fully saturated rings. The van der Waals surface area contributed by atoms with Gasteiger partial charge in [-0.1, -0.05) is 97.1 Å². The Bertz CT molecular complexity index is 1120. The van der Waals surface area contributed by atoms with E-state index in [0.29, 0.717) is 0 Å². The molecular weight excluding hydrogens is 336 g/mol. The molecule has 0 bridgehead atoms. The lowest BCUT2D eigenvalue weighted by Crippen LogP contribution is -2.31. The predicted octanol–water partition coefficient (Wildman–Crippen LogP) is 6.86. The largest absolute Gasteiger partial charge is 0.0620 e. The van der Waals surface area contributed by atoms with E-state index in [2.05, 4.69) is 111 Å². The highest BCUT2D eigenvalue weighted by Crippen LogP contribution is 2.54. The number of fused-ring (bicyclic) bond motifs is 3. The van der Waals surface area contributed by atoms with Crippen molar-refractivity contribution in [2.45, 2.75) is 25.7 Å². The molecule has 0 nitrogen and oxygen atoms in total. The van der Waals surface area contributed by atoms with E-state index in [9.17, 15) is 0 Å². The molecule has 0 heteroatoms. The third-order valence-electron chi connectivity index (χ3n) is 6.39. The van der Waals surface area contributed by atoms with Crippen LogP contribution >= 0.6 is 0 Å². The minimum Gasteiger partial charge on any atom is -0.0620 e. The maximum Gasteiger partial charge on any atom is 0.0506 e. The molecule has 0 amide bonds. The zero-order valence-electron chi connectivity index (χ0n) is 16.4. The fraction of sp³-hybridized carbons (Fsp3) is 0.143. The number of rotatable bonds is 3. The van der Waals surface area contributed by atoms with Crippen molar-refractivity contribution in [1.82, 2.24) is 0 Å². The van der Waals surface area contributed by atoms with Crippen molar-refractivity contribution in [2.24, 2.45) is 0 Å². The standard InChI is InChI=1S/C28H24/c1-20-11-3-5-13-22(20)19-28(25-16-8-4-12-21(25)2)26-17-9-6-14-23(26)24-15-7-10-18-27(24)28/h3-18H,19H2,1-2H3. The first-order valence-electron chi connectivity index (χ1n) is 10.0. The Hall–Kier alpha value is -3.12. The summed E-state index contributed by atoms with van der Waals surface area (Å²) in [6.07, 6.45) is 0.971. The number of hydrogen-bond acceptors (Lipinski definition) is 0. The van der Waals surface area contributed by atoms with Crippen LogP contribution in [0.5, 0.6) is 0 Å². The highest BCUT2D eigenvalue weighted by molar-refractivity contribution is 5.84. The van der Waals surface area contributed by atoms with Gasteiger partial charge in [-0.05, 0) is 64.8 Å². The van der Waals surface area contributed by atoms with Crippen LogP contribution in [0.4, 0.5) is 0 Å². The summed E-state index contributed by atoms with van der Waals surface area (Å²) in [5.41, 5.74) is 11.0. The quantitative estimate of drug-likeness (QED) is 0.374. The normalized spacial score (nSPS) is 13.8. The monoisotopic (exact) mass is 360 g/mol. The van der Waals surface area contributed by atoms with E-state index >= 15 is 0 Å². The minimum atomic E-state index is -0.162. The fourth-order valence-corrected chi connectivity index (χ4v) is 5.05. The maximum absolute atomic E-state index is 2.33. The van der Waals surface area contributed by atoms with E-state index in [1.165, 1.54) is 44.5 Å². The number of benzene rings is 4. The lowest BCUT2D eigenvalue weighted by molar-refractivity contribution is 0.623. The summed E-state index contributed by atoms with van der Waals surface area (Å²) >= 11 is 0. The summed E-state index contributed by atoms with van der Waals surface area (Å²) in [4.78, 5) is 0. The molecule has 136 valence electrons. The highest BCUT2D eigenvalue weighted by Gasteiger charge is 2.45. The van der Waals surface area contributed by atoms with Crippen molar-refractivity contribution >= 4 is 0 Å². The van der Waals surface area contributed by atoms with Crippen molar-refractivity contribution in [1.29, 1.82) is 0 Å². The summed E-state index contributed by atoms with van der Waals surface area (Å²) < 4.78 is 0. The van der Waals surface area contributed by atoms with E-state index in [1.807, 2.05) is 0 Å². The average Bonchev–Trinajstić information content (AvgIpc) is 3.01. The molecule has 0 spiro atoms. The number of hydrogen-bond donors (Lipinski definition) is 0. The summed E-state index contributed by atoms with van der Waals surface area (Å²) in [5, 5.41) is 0. The molecule has 0 aromatic heterocycles. The van der Waals surface area contributed by atoms with Gasteiger partial charge in [0.05, 0.1) is 5.41 Å². The van der Waals surface area contributed by atoms with E-state index in [-0.39, 0.29) is 5.41 Å². The van der Waals surface area contributed by atoms with Crippen LogP contribution in [0.1, 0.15) is 33.4 Å². The van der Waals surface area contributed by atoms with Crippen molar-refractivity contribution in [3.63, 3.8) is 0 Å². The van der Waals surface area contributed by atoms with Gasteiger partial charge in [0.15, 0.2) is 0 Å². The van der Waals surface area contributed by atoms with Gasteiger partial charge in [-0.15, -0.1) is 0 Å². The first-order chi connectivity index (χ1) is 13.7. The van der Waals surface area contributed by atoms with Crippen molar-refractivity contribution in [3.8, 4) is 11.1 Å². The SMILES string of the molecule is Cc1ccccc1CC1(c2ccccc2C)c2ccccc2-c2ccccc21. The Labute approximate surface area is 167 Å². The van der Waals surface area contributed by atoms with Crippen LogP contribution < -0.4 is 0 Å². The van der Waals surface area contributed by atoms with Crippen LogP contribution in [0.3, 0.4) is 0 Å². The third-order valence-corrected chi connectivity index (χ3v) is 6.39. The van der Waals surface area contributed by atoms with Crippen LogP contribution in [0, 0.1) is 13.8 Å². The molecule has 4 aromatic rings. The van der Waals surface area contributed by atoms with Crippen LogP contribution in [0.2, 0.25) is 0 Å². The Morgan fingerprint density at radius 2 is 0.964 bits per heavy atom. The van der Waals surface area contributed by atoms with Gasteiger partial charge in [0.25, 0.3) is 0 Å². The van der Waals surface area contributed by atoms with Gasteiger partial charge >= 0.3 is 0 Å². The molecule has 0 aliphatic heterocycles. The zero-order chi connectivity index (χ0) is 19.1. The van der Waals surface area contributed by atoms with Gasteiger partial charge in [-0.25, -0.2) is 0 Å². The highest BCUT2D eigenvalue weighted by atomic mass is 14.5. The molecule has 1 aliphatic carbocycles. The third kappa shape index (κ3) is 2.38. The first kappa shape index (κ1) is 17.0. The molecule has 0 heterocycles. The van der Waals surface area contributed by atoms with Gasteiger partial charge < -0.3 is 0 Å². The van der Waals surface area contributed by atoms with Crippen molar-refractivity contribution in [3.05, 3.63) is 130 Å². The Balaban J connectivity index is 1.88. The molecule has 0 saturated heterocycles. The fourth-order valence-electron chi connectivity index (χ4n) is 5.05. The van der Waals surface area contributed by atoms with Gasteiger partial charge in [-0.3, -0.25) is 0 Å². The number of aryl methyl sites for hydroxylation is 2. The van der Waals surface area contributed by atoms with Gasteiger partial charge in [0, 0.05) is 0 Å². The predicted molar refractivity (Wildman–Crippen MR) is 118 cm³/mol. The first-order valence-corrected chi connectivity index (χ1v) is 10.0. The van der Waals surface area contributed by atoms with E-state index in [1.54, 1.807) is 0 Å². The lowest BCUT2D eigenvalue weighted by atomic mass is 9.67. The topological polar surface area (TPSA) is 0 Å². The zero-order valence-corrected chi connectivity index (χ0v) is 16.4. The molecule has 1 aliphatic rings. The van der Waals surface area contributed by atoms with Gasteiger partial charge in [0.2, 0.25) is 0 Å². The van der Waals surface area contributed by atoms with Crippen molar-refractivity contribution in [2.75, 3.05) is 0 Å². The minimum absolute atomic E-state index is 0.162. The van der Waals surface area contributed by atoms with E-state index in [4.69, 9.17) is 0 Å². The maximum atomic E-state index is 2.33. The van der Waals surface area contributed by atoms with Crippen LogP contribution in [0.15, 0.2) is 97.1 Å². The summed E-state index contributed by atoms with van der Waals surface area (Å²) in [6, 6.07) is 35.7. The molecule has 0 radical (unpaired) electrons. The van der Waals surface area contributed by atoms with Crippen LogP contribution in [0.25, 0.3) is 11.1 Å². The summed E-state index contributed by atoms with van der Waals surface area (Å²) in [7, 11) is 0. The molecule has 0 unspecified atom stereocenters. The van der Waals surface area contributed by atoms with E-state index in [0.717, 1.165) is 6.42 Å². The second-order valence-electron chi connectivity index (χ2n) is 7.91. The van der Waals surface area contributed by atoms with Gasteiger partial charge in [-0.2, -0.15) is 0 Å². The molecule has 0 atom stereocenters. The smallest absolute Gasteiger partial charge is 0.0506 e. The second kappa shape index (κ2) is 6.49. The Morgan fingerprint density at radius 3 is 1.54 bits per heavy atom. The summed E-state index contributed by atoms with van der Waals surface area (Å²) in [6.45, 7) is 4.48. The summed E-state index contributed by atoms with van der Waals surface area (Å²) in [5.74, 6) is 0. The molecule has 0 saturated carbocycles. The second-order valence-corrected chi connectivity index (χ2v) is 7.91.